The van der Waals surface area contributed by atoms with Crippen molar-refractivity contribution in [1.29, 1.82) is 0 Å². The maximum atomic E-state index is 13.2. The highest BCUT2D eigenvalue weighted by Crippen LogP contribution is 2.40. The summed E-state index contributed by atoms with van der Waals surface area (Å²) in [6.07, 6.45) is -2.49. The summed E-state index contributed by atoms with van der Waals surface area (Å²) >= 11 is 0. The van der Waals surface area contributed by atoms with Crippen LogP contribution in [-0.4, -0.2) is 23.2 Å². The van der Waals surface area contributed by atoms with E-state index in [-0.39, 0.29) is 30.4 Å². The number of nitrogens with zero attached hydrogens (tertiary/aromatic N) is 1. The Balaban J connectivity index is 1.59. The monoisotopic (exact) mass is 417 g/mol. The molecule has 3 aromatic rings. The van der Waals surface area contributed by atoms with Crippen LogP contribution in [-0.2, 0) is 17.6 Å². The normalized spacial score (nSPS) is 16.0. The molecular formula is C21H18F3N3O3. The SMILES string of the molecule is COc1cc(C2CC(=O)Nc3n[nH]cc32)ccc1OCc1ccccc1C(F)(F)F. The third-order valence-corrected chi connectivity index (χ3v) is 4.99. The highest BCUT2D eigenvalue weighted by Gasteiger charge is 2.33. The maximum Gasteiger partial charge on any atom is 0.416 e. The van der Waals surface area contributed by atoms with Crippen LogP contribution in [0, 0.1) is 0 Å². The number of alkyl halides is 3. The molecule has 1 aromatic heterocycles. The minimum atomic E-state index is -4.46. The van der Waals surface area contributed by atoms with Crippen LogP contribution >= 0.6 is 0 Å². The second-order valence-electron chi connectivity index (χ2n) is 6.85. The molecule has 0 spiro atoms. The Bertz CT molecular complexity index is 1080. The van der Waals surface area contributed by atoms with Crippen molar-refractivity contribution >= 4 is 11.7 Å². The zero-order valence-electron chi connectivity index (χ0n) is 15.9. The molecule has 1 aliphatic rings. The minimum absolute atomic E-state index is 0.0307. The fourth-order valence-electron chi connectivity index (χ4n) is 3.54. The molecule has 1 amide bonds. The van der Waals surface area contributed by atoms with E-state index in [4.69, 9.17) is 9.47 Å². The summed E-state index contributed by atoms with van der Waals surface area (Å²) in [5.74, 6) is 0.794. The summed E-state index contributed by atoms with van der Waals surface area (Å²) in [6.45, 7) is -0.261. The Labute approximate surface area is 170 Å². The number of halogens is 3. The van der Waals surface area contributed by atoms with Crippen molar-refractivity contribution in [2.24, 2.45) is 0 Å². The molecule has 2 N–H and O–H groups in total. The molecule has 0 saturated heterocycles. The molecule has 30 heavy (non-hydrogen) atoms. The first kappa shape index (κ1) is 19.8. The average Bonchev–Trinajstić information content (AvgIpc) is 3.19. The molecule has 156 valence electrons. The highest BCUT2D eigenvalue weighted by molar-refractivity contribution is 5.94. The van der Waals surface area contributed by atoms with Gasteiger partial charge >= 0.3 is 6.18 Å². The molecule has 2 heterocycles. The number of ether oxygens (including phenoxy) is 2. The molecule has 9 heteroatoms. The van der Waals surface area contributed by atoms with E-state index in [9.17, 15) is 18.0 Å². The first-order valence-corrected chi connectivity index (χ1v) is 9.16. The number of amides is 1. The van der Waals surface area contributed by atoms with Gasteiger partial charge in [0.25, 0.3) is 0 Å². The maximum absolute atomic E-state index is 13.2. The molecule has 0 fully saturated rings. The van der Waals surface area contributed by atoms with Crippen molar-refractivity contribution in [3.8, 4) is 11.5 Å². The van der Waals surface area contributed by atoms with E-state index in [1.165, 1.54) is 25.3 Å². The van der Waals surface area contributed by atoms with Crippen LogP contribution in [0.25, 0.3) is 0 Å². The number of hydrogen-bond donors (Lipinski definition) is 2. The number of nitrogens with one attached hydrogen (secondary N) is 2. The summed E-state index contributed by atoms with van der Waals surface area (Å²) < 4.78 is 50.6. The highest BCUT2D eigenvalue weighted by atomic mass is 19.4. The zero-order valence-corrected chi connectivity index (χ0v) is 15.9. The van der Waals surface area contributed by atoms with Crippen LogP contribution < -0.4 is 14.8 Å². The third-order valence-electron chi connectivity index (χ3n) is 4.99. The number of hydrogen-bond acceptors (Lipinski definition) is 4. The summed E-state index contributed by atoms with van der Waals surface area (Å²) in [5.41, 5.74) is 0.959. The van der Waals surface area contributed by atoms with Crippen molar-refractivity contribution in [2.45, 2.75) is 25.1 Å². The predicted octanol–water partition coefficient (Wildman–Crippen LogP) is 4.49. The number of carbonyl (C=O) groups excluding carboxylic acids is 1. The standard InChI is InChI=1S/C21H18F3N3O3/c1-29-18-8-12(14-9-19(28)26-20-15(14)10-25-27-20)6-7-17(18)30-11-13-4-2-3-5-16(13)21(22,23)24/h2-8,10,14H,9,11H2,1H3,(H2,25,26,27,28). The number of rotatable bonds is 5. The van der Waals surface area contributed by atoms with Crippen LogP contribution in [0.4, 0.5) is 19.0 Å². The van der Waals surface area contributed by atoms with Crippen LogP contribution in [0.2, 0.25) is 0 Å². The van der Waals surface area contributed by atoms with Gasteiger partial charge in [0.15, 0.2) is 17.3 Å². The first-order chi connectivity index (χ1) is 14.4. The molecule has 6 nitrogen and oxygen atoms in total. The van der Waals surface area contributed by atoms with E-state index in [1.807, 2.05) is 0 Å². The molecule has 0 aliphatic carbocycles. The Kier molecular flexibility index (Phi) is 5.11. The molecular weight excluding hydrogens is 399 g/mol. The number of aromatic nitrogens is 2. The van der Waals surface area contributed by atoms with Crippen LogP contribution in [0.5, 0.6) is 11.5 Å². The number of anilines is 1. The lowest BCUT2D eigenvalue weighted by Crippen LogP contribution is -2.23. The number of aromatic amines is 1. The first-order valence-electron chi connectivity index (χ1n) is 9.16. The Hall–Kier alpha value is -3.49. The largest absolute Gasteiger partial charge is 0.493 e. The third kappa shape index (κ3) is 3.83. The number of H-pyrrole nitrogens is 1. The molecule has 1 unspecified atom stereocenters. The van der Waals surface area contributed by atoms with Gasteiger partial charge in [0.2, 0.25) is 5.91 Å². The van der Waals surface area contributed by atoms with Gasteiger partial charge in [-0.15, -0.1) is 0 Å². The van der Waals surface area contributed by atoms with Crippen molar-refractivity contribution < 1.29 is 27.4 Å². The van der Waals surface area contributed by atoms with E-state index >= 15 is 0 Å². The topological polar surface area (TPSA) is 76.2 Å². The van der Waals surface area contributed by atoms with Gasteiger partial charge in [-0.25, -0.2) is 0 Å². The van der Waals surface area contributed by atoms with E-state index in [2.05, 4.69) is 15.5 Å². The summed E-state index contributed by atoms with van der Waals surface area (Å²) in [4.78, 5) is 12.0. The van der Waals surface area contributed by atoms with E-state index in [0.29, 0.717) is 17.3 Å². The smallest absolute Gasteiger partial charge is 0.416 e. The number of fused-ring (bicyclic) bond motifs is 1. The van der Waals surface area contributed by atoms with Gasteiger partial charge in [0.05, 0.1) is 12.7 Å². The lowest BCUT2D eigenvalue weighted by molar-refractivity contribution is -0.138. The van der Waals surface area contributed by atoms with Gasteiger partial charge in [-0.2, -0.15) is 18.3 Å². The van der Waals surface area contributed by atoms with Crippen molar-refractivity contribution in [2.75, 3.05) is 12.4 Å². The van der Waals surface area contributed by atoms with Crippen LogP contribution in [0.1, 0.15) is 34.6 Å². The fourth-order valence-corrected chi connectivity index (χ4v) is 3.54. The lowest BCUT2D eigenvalue weighted by atomic mass is 9.87. The quantitative estimate of drug-likeness (QED) is 0.641. The van der Waals surface area contributed by atoms with E-state index in [1.54, 1.807) is 24.4 Å². The van der Waals surface area contributed by atoms with Crippen molar-refractivity contribution in [3.63, 3.8) is 0 Å². The summed E-state index contributed by atoms with van der Waals surface area (Å²) in [7, 11) is 1.45. The zero-order chi connectivity index (χ0) is 21.3. The molecule has 2 aromatic carbocycles. The summed E-state index contributed by atoms with van der Waals surface area (Å²) in [6, 6.07) is 10.4. The van der Waals surface area contributed by atoms with Gasteiger partial charge in [0, 0.05) is 29.7 Å². The lowest BCUT2D eigenvalue weighted by Gasteiger charge is -2.23. The van der Waals surface area contributed by atoms with Gasteiger partial charge in [-0.1, -0.05) is 24.3 Å². The van der Waals surface area contributed by atoms with Gasteiger partial charge in [-0.05, 0) is 23.8 Å². The molecule has 0 radical (unpaired) electrons. The van der Waals surface area contributed by atoms with Crippen LogP contribution in [0.3, 0.4) is 0 Å². The van der Waals surface area contributed by atoms with Gasteiger partial charge in [0.1, 0.15) is 6.61 Å². The van der Waals surface area contributed by atoms with Gasteiger partial charge in [-0.3, -0.25) is 9.89 Å². The second kappa shape index (κ2) is 7.74. The molecule has 1 atom stereocenters. The second-order valence-corrected chi connectivity index (χ2v) is 6.85. The molecule has 0 saturated carbocycles. The fraction of sp³-hybridized carbons (Fsp3) is 0.238. The van der Waals surface area contributed by atoms with Crippen molar-refractivity contribution in [1.82, 2.24) is 10.2 Å². The number of carbonyl (C=O) groups is 1. The number of benzene rings is 2. The predicted molar refractivity (Wildman–Crippen MR) is 102 cm³/mol. The minimum Gasteiger partial charge on any atom is -0.493 e. The molecule has 0 bridgehead atoms. The Morgan fingerprint density at radius 2 is 1.97 bits per heavy atom. The average molecular weight is 417 g/mol. The van der Waals surface area contributed by atoms with Gasteiger partial charge < -0.3 is 14.8 Å². The summed E-state index contributed by atoms with van der Waals surface area (Å²) in [5, 5.41) is 9.48. The Morgan fingerprint density at radius 1 is 1.17 bits per heavy atom. The van der Waals surface area contributed by atoms with E-state index < -0.39 is 11.7 Å². The molecule has 4 rings (SSSR count). The molecule has 1 aliphatic heterocycles. The van der Waals surface area contributed by atoms with Crippen molar-refractivity contribution in [3.05, 3.63) is 70.9 Å². The van der Waals surface area contributed by atoms with Crippen LogP contribution in [0.15, 0.2) is 48.7 Å². The Morgan fingerprint density at radius 3 is 2.73 bits per heavy atom. The van der Waals surface area contributed by atoms with E-state index in [0.717, 1.165) is 17.2 Å². The number of methoxy groups -OCH3 is 1.